The maximum absolute atomic E-state index is 10.4. The van der Waals surface area contributed by atoms with Crippen molar-refractivity contribution < 1.29 is 17.7 Å². The zero-order valence-corrected chi connectivity index (χ0v) is 6.47. The molecular weight excluding hydrogens is 181 g/mol. The fraction of sp³-hybridized carbons (Fsp3) is 1.00. The number of aliphatic hydroxyl groups is 1. The van der Waals surface area contributed by atoms with Gasteiger partial charge in [0.25, 0.3) is 10.1 Å². The van der Waals surface area contributed by atoms with Crippen molar-refractivity contribution in [3.05, 3.63) is 0 Å². The van der Waals surface area contributed by atoms with Crippen molar-refractivity contribution in [2.75, 3.05) is 12.5 Å². The van der Waals surface area contributed by atoms with Crippen LogP contribution in [0.5, 0.6) is 0 Å². The van der Waals surface area contributed by atoms with Crippen molar-refractivity contribution in [1.29, 1.82) is 0 Å². The van der Waals surface area contributed by atoms with Crippen molar-refractivity contribution in [2.24, 2.45) is 5.73 Å². The number of rotatable bonds is 4. The fourth-order valence-corrected chi connectivity index (χ4v) is 0.745. The number of hydrogen-bond donors (Lipinski definition) is 2. The molecule has 0 spiro atoms. The van der Waals surface area contributed by atoms with Crippen molar-refractivity contribution >= 4 is 39.7 Å². The molecule has 0 aliphatic carbocycles. The van der Waals surface area contributed by atoms with Crippen molar-refractivity contribution in [2.45, 2.75) is 13.0 Å². The van der Waals surface area contributed by atoms with E-state index in [9.17, 15) is 8.42 Å². The molecule has 0 saturated heterocycles. The van der Waals surface area contributed by atoms with Crippen LogP contribution in [0.1, 0.15) is 6.92 Å². The van der Waals surface area contributed by atoms with Gasteiger partial charge in [-0.3, -0.25) is 4.18 Å². The molecule has 0 aliphatic heterocycles. The molecule has 7 heteroatoms. The van der Waals surface area contributed by atoms with Crippen LogP contribution >= 0.6 is 0 Å². The molecule has 0 heterocycles. The van der Waals surface area contributed by atoms with E-state index in [0.717, 1.165) is 0 Å². The summed E-state index contributed by atoms with van der Waals surface area (Å²) in [6.07, 6.45) is 0. The third kappa shape index (κ3) is 8.74. The summed E-state index contributed by atoms with van der Waals surface area (Å²) in [6.45, 7) is 1.51. The molecular formula is C4H12NNaO4S. The van der Waals surface area contributed by atoms with Gasteiger partial charge in [-0.1, -0.05) is 0 Å². The monoisotopic (exact) mass is 193 g/mol. The minimum absolute atomic E-state index is 0. The van der Waals surface area contributed by atoms with E-state index >= 15 is 0 Å². The Morgan fingerprint density at radius 2 is 2.09 bits per heavy atom. The van der Waals surface area contributed by atoms with Gasteiger partial charge in [0.1, 0.15) is 0 Å². The quantitative estimate of drug-likeness (QED) is 0.397. The van der Waals surface area contributed by atoms with Gasteiger partial charge >= 0.3 is 29.6 Å². The number of nitrogens with two attached hydrogens (primary N) is 1. The van der Waals surface area contributed by atoms with Crippen LogP contribution in [-0.2, 0) is 14.3 Å². The van der Waals surface area contributed by atoms with Crippen LogP contribution in [0.25, 0.3) is 0 Å². The van der Waals surface area contributed by atoms with E-state index in [4.69, 9.17) is 10.8 Å². The van der Waals surface area contributed by atoms with Crippen LogP contribution in [0.2, 0.25) is 0 Å². The molecule has 1 atom stereocenters. The Bertz CT molecular complexity index is 179. The molecule has 11 heavy (non-hydrogen) atoms. The second kappa shape index (κ2) is 6.36. The Hall–Kier alpha value is 0.830. The molecule has 0 radical (unpaired) electrons. The zero-order chi connectivity index (χ0) is 8.20. The Labute approximate surface area is 88.3 Å². The topological polar surface area (TPSA) is 89.6 Å². The van der Waals surface area contributed by atoms with Crippen LogP contribution in [0.4, 0.5) is 0 Å². The third-order valence-electron chi connectivity index (χ3n) is 0.669. The summed E-state index contributed by atoms with van der Waals surface area (Å²) in [5, 5.41) is 8.15. The van der Waals surface area contributed by atoms with E-state index < -0.39 is 16.1 Å². The van der Waals surface area contributed by atoms with Gasteiger partial charge in [0, 0.05) is 6.04 Å². The first-order valence-corrected chi connectivity index (χ1v) is 4.29. The standard InChI is InChI=1S/C4H11NO4S.Na.H/c1-4(5)2-9-10(7,8)3-6;;/h4,6H,2-3,5H2,1H3;;. The molecule has 0 aromatic heterocycles. The van der Waals surface area contributed by atoms with Gasteiger partial charge < -0.3 is 10.8 Å². The maximum atomic E-state index is 10.4. The summed E-state index contributed by atoms with van der Waals surface area (Å²) in [5.74, 6) is -1.00. The molecule has 0 saturated carbocycles. The molecule has 1 unspecified atom stereocenters. The van der Waals surface area contributed by atoms with Crippen molar-refractivity contribution in [3.8, 4) is 0 Å². The molecule has 0 bridgehead atoms. The fourth-order valence-electron chi connectivity index (χ4n) is 0.248. The predicted molar refractivity (Wildman–Crippen MR) is 42.8 cm³/mol. The van der Waals surface area contributed by atoms with Crippen LogP contribution in [0.15, 0.2) is 0 Å². The van der Waals surface area contributed by atoms with Crippen molar-refractivity contribution in [3.63, 3.8) is 0 Å². The first kappa shape index (κ1) is 14.4. The SMILES string of the molecule is CC(N)COS(=O)(=O)CO.[NaH]. The van der Waals surface area contributed by atoms with Crippen LogP contribution in [0, 0.1) is 0 Å². The minimum atomic E-state index is -3.74. The second-order valence-corrected chi connectivity index (χ2v) is 3.56. The van der Waals surface area contributed by atoms with E-state index in [0.29, 0.717) is 0 Å². The molecule has 64 valence electrons. The molecule has 0 aromatic carbocycles. The Morgan fingerprint density at radius 3 is 2.36 bits per heavy atom. The van der Waals surface area contributed by atoms with Crippen LogP contribution in [-0.4, -0.2) is 61.7 Å². The van der Waals surface area contributed by atoms with E-state index in [1.807, 2.05) is 0 Å². The summed E-state index contributed by atoms with van der Waals surface area (Å²) in [6, 6.07) is -0.346. The number of aliphatic hydroxyl groups excluding tert-OH is 1. The summed E-state index contributed by atoms with van der Waals surface area (Å²) >= 11 is 0. The molecule has 3 N–H and O–H groups in total. The first-order chi connectivity index (χ1) is 4.48. The Kier molecular flexibility index (Phi) is 8.30. The average Bonchev–Trinajstić information content (AvgIpc) is 1.85. The summed E-state index contributed by atoms with van der Waals surface area (Å²) in [5.41, 5.74) is 5.18. The third-order valence-corrected chi connectivity index (χ3v) is 1.48. The molecule has 0 fully saturated rings. The Balaban J connectivity index is 0. The van der Waals surface area contributed by atoms with E-state index in [2.05, 4.69) is 4.18 Å². The molecule has 0 aliphatic rings. The number of hydrogen-bond acceptors (Lipinski definition) is 5. The van der Waals surface area contributed by atoms with Gasteiger partial charge in [-0.25, -0.2) is 0 Å². The molecule has 0 amide bonds. The Morgan fingerprint density at radius 1 is 1.64 bits per heavy atom. The normalized spacial score (nSPS) is 13.7. The van der Waals surface area contributed by atoms with Gasteiger partial charge in [0.2, 0.25) is 0 Å². The zero-order valence-electron chi connectivity index (χ0n) is 5.65. The average molecular weight is 193 g/mol. The van der Waals surface area contributed by atoms with Crippen LogP contribution in [0.3, 0.4) is 0 Å². The van der Waals surface area contributed by atoms with Gasteiger partial charge in [-0.15, -0.1) is 0 Å². The van der Waals surface area contributed by atoms with Gasteiger partial charge in [-0.05, 0) is 6.92 Å². The van der Waals surface area contributed by atoms with Crippen molar-refractivity contribution in [1.82, 2.24) is 0 Å². The summed E-state index contributed by atoms with van der Waals surface area (Å²) < 4.78 is 25.0. The summed E-state index contributed by atoms with van der Waals surface area (Å²) in [4.78, 5) is 0. The van der Waals surface area contributed by atoms with Gasteiger partial charge in [-0.2, -0.15) is 8.42 Å². The van der Waals surface area contributed by atoms with Gasteiger partial charge in [0.05, 0.1) is 6.61 Å². The summed E-state index contributed by atoms with van der Waals surface area (Å²) in [7, 11) is -3.74. The molecule has 0 rings (SSSR count). The van der Waals surface area contributed by atoms with E-state index in [1.54, 1.807) is 6.92 Å². The second-order valence-electron chi connectivity index (χ2n) is 1.95. The molecule has 0 aromatic rings. The first-order valence-electron chi connectivity index (χ1n) is 2.71. The predicted octanol–water partition coefficient (Wildman–Crippen LogP) is -2.02. The van der Waals surface area contributed by atoms with E-state index in [-0.39, 0.29) is 42.2 Å². The molecule has 5 nitrogen and oxygen atoms in total. The van der Waals surface area contributed by atoms with Crippen LogP contribution < -0.4 is 5.73 Å². The van der Waals surface area contributed by atoms with E-state index in [1.165, 1.54) is 0 Å². The van der Waals surface area contributed by atoms with Gasteiger partial charge in [0.15, 0.2) is 5.94 Å².